The SMILES string of the molecule is COc1cccc(OC(C)C(=O)N2CCc3c(ncnc3N(C)C)C2)c1. The molecule has 26 heavy (non-hydrogen) atoms. The maximum absolute atomic E-state index is 12.8. The number of hydrogen-bond acceptors (Lipinski definition) is 6. The van der Waals surface area contributed by atoms with Crippen LogP contribution in [-0.2, 0) is 17.8 Å². The summed E-state index contributed by atoms with van der Waals surface area (Å²) in [7, 11) is 5.52. The van der Waals surface area contributed by atoms with Crippen molar-refractivity contribution >= 4 is 11.7 Å². The van der Waals surface area contributed by atoms with Crippen LogP contribution in [0.5, 0.6) is 11.5 Å². The number of aromatic nitrogens is 2. The molecule has 1 aromatic carbocycles. The van der Waals surface area contributed by atoms with Gasteiger partial charge in [-0.25, -0.2) is 9.97 Å². The average Bonchev–Trinajstić information content (AvgIpc) is 2.66. The van der Waals surface area contributed by atoms with E-state index in [0.29, 0.717) is 24.6 Å². The molecule has 7 nitrogen and oxygen atoms in total. The van der Waals surface area contributed by atoms with Crippen LogP contribution in [0.25, 0.3) is 0 Å². The van der Waals surface area contributed by atoms with Crippen molar-refractivity contribution in [3.05, 3.63) is 41.9 Å². The smallest absolute Gasteiger partial charge is 0.263 e. The Morgan fingerprint density at radius 1 is 1.27 bits per heavy atom. The van der Waals surface area contributed by atoms with Crippen molar-refractivity contribution in [2.75, 3.05) is 32.6 Å². The predicted octanol–water partition coefficient (Wildman–Crippen LogP) is 1.90. The summed E-state index contributed by atoms with van der Waals surface area (Å²) in [6.45, 7) is 2.87. The van der Waals surface area contributed by atoms with Crippen molar-refractivity contribution in [2.45, 2.75) is 26.0 Å². The molecule has 2 heterocycles. The highest BCUT2D eigenvalue weighted by molar-refractivity contribution is 5.81. The number of benzene rings is 1. The second-order valence-corrected chi connectivity index (χ2v) is 6.47. The van der Waals surface area contributed by atoms with Crippen molar-refractivity contribution in [1.29, 1.82) is 0 Å². The molecule has 1 aliphatic rings. The first-order valence-electron chi connectivity index (χ1n) is 8.59. The van der Waals surface area contributed by atoms with Gasteiger partial charge >= 0.3 is 0 Å². The summed E-state index contributed by atoms with van der Waals surface area (Å²) < 4.78 is 11.0. The third kappa shape index (κ3) is 3.71. The highest BCUT2D eigenvalue weighted by Crippen LogP contribution is 2.25. The van der Waals surface area contributed by atoms with E-state index in [0.717, 1.165) is 23.5 Å². The van der Waals surface area contributed by atoms with Gasteiger partial charge < -0.3 is 19.3 Å². The Hall–Kier alpha value is -2.83. The molecule has 1 unspecified atom stereocenters. The fraction of sp³-hybridized carbons (Fsp3) is 0.421. The van der Waals surface area contributed by atoms with E-state index in [1.807, 2.05) is 37.2 Å². The Kier molecular flexibility index (Phi) is 5.25. The van der Waals surface area contributed by atoms with Crippen molar-refractivity contribution in [3.8, 4) is 11.5 Å². The maximum atomic E-state index is 12.8. The molecule has 0 aliphatic carbocycles. The molecule has 1 aliphatic heterocycles. The summed E-state index contributed by atoms with van der Waals surface area (Å²) in [5, 5.41) is 0. The Morgan fingerprint density at radius 3 is 2.77 bits per heavy atom. The van der Waals surface area contributed by atoms with E-state index in [1.54, 1.807) is 31.3 Å². The molecule has 1 aromatic heterocycles. The van der Waals surface area contributed by atoms with E-state index in [2.05, 4.69) is 9.97 Å². The van der Waals surface area contributed by atoms with Gasteiger partial charge in [-0.15, -0.1) is 0 Å². The summed E-state index contributed by atoms with van der Waals surface area (Å²) in [5.74, 6) is 2.17. The Morgan fingerprint density at radius 2 is 2.04 bits per heavy atom. The number of anilines is 1. The molecule has 0 fully saturated rings. The standard InChI is InChI=1S/C19H24N4O3/c1-13(26-15-7-5-6-14(10-15)25-4)19(24)23-9-8-16-17(11-23)20-12-21-18(16)22(2)3/h5-7,10,12-13H,8-9,11H2,1-4H3. The molecule has 1 atom stereocenters. The molecule has 0 radical (unpaired) electrons. The molecule has 2 aromatic rings. The van der Waals surface area contributed by atoms with Gasteiger partial charge in [0.25, 0.3) is 5.91 Å². The Balaban J connectivity index is 1.70. The van der Waals surface area contributed by atoms with Crippen LogP contribution >= 0.6 is 0 Å². The number of carbonyl (C=O) groups excluding carboxylic acids is 1. The lowest BCUT2D eigenvalue weighted by atomic mass is 10.0. The first-order chi connectivity index (χ1) is 12.5. The molecule has 7 heteroatoms. The largest absolute Gasteiger partial charge is 0.497 e. The summed E-state index contributed by atoms with van der Waals surface area (Å²) in [5.41, 5.74) is 2.01. The Labute approximate surface area is 153 Å². The Bertz CT molecular complexity index is 794. The fourth-order valence-electron chi connectivity index (χ4n) is 3.10. The van der Waals surface area contributed by atoms with Crippen molar-refractivity contribution in [3.63, 3.8) is 0 Å². The number of rotatable bonds is 5. The van der Waals surface area contributed by atoms with Crippen LogP contribution in [0.2, 0.25) is 0 Å². The topological polar surface area (TPSA) is 67.8 Å². The van der Waals surface area contributed by atoms with E-state index >= 15 is 0 Å². The zero-order valence-electron chi connectivity index (χ0n) is 15.6. The number of ether oxygens (including phenoxy) is 2. The van der Waals surface area contributed by atoms with Gasteiger partial charge in [0.15, 0.2) is 6.10 Å². The summed E-state index contributed by atoms with van der Waals surface area (Å²) >= 11 is 0. The van der Waals surface area contributed by atoms with E-state index in [9.17, 15) is 4.79 Å². The van der Waals surface area contributed by atoms with Crippen LogP contribution in [0.4, 0.5) is 5.82 Å². The minimum absolute atomic E-state index is 0.0523. The number of hydrogen-bond donors (Lipinski definition) is 0. The zero-order chi connectivity index (χ0) is 18.7. The number of carbonyl (C=O) groups is 1. The quantitative estimate of drug-likeness (QED) is 0.815. The van der Waals surface area contributed by atoms with E-state index in [1.165, 1.54) is 0 Å². The monoisotopic (exact) mass is 356 g/mol. The molecule has 0 saturated heterocycles. The highest BCUT2D eigenvalue weighted by atomic mass is 16.5. The van der Waals surface area contributed by atoms with Gasteiger partial charge in [0.05, 0.1) is 19.3 Å². The first kappa shape index (κ1) is 18.0. The summed E-state index contributed by atoms with van der Waals surface area (Å²) in [6.07, 6.45) is 1.71. The lowest BCUT2D eigenvalue weighted by Gasteiger charge is -2.31. The van der Waals surface area contributed by atoms with Gasteiger partial charge in [-0.2, -0.15) is 0 Å². The van der Waals surface area contributed by atoms with Gasteiger partial charge in [0.1, 0.15) is 23.6 Å². The molecule has 3 rings (SSSR count). The number of amides is 1. The molecular formula is C19H24N4O3. The normalized spacial score (nSPS) is 14.4. The van der Waals surface area contributed by atoms with Crippen LogP contribution in [0.15, 0.2) is 30.6 Å². The van der Waals surface area contributed by atoms with Gasteiger partial charge in [0, 0.05) is 32.3 Å². The van der Waals surface area contributed by atoms with Crippen molar-refractivity contribution in [2.24, 2.45) is 0 Å². The molecule has 138 valence electrons. The van der Waals surface area contributed by atoms with E-state index in [-0.39, 0.29) is 5.91 Å². The van der Waals surface area contributed by atoms with Gasteiger partial charge in [-0.3, -0.25) is 4.79 Å². The van der Waals surface area contributed by atoms with E-state index in [4.69, 9.17) is 9.47 Å². The highest BCUT2D eigenvalue weighted by Gasteiger charge is 2.28. The minimum Gasteiger partial charge on any atom is -0.497 e. The second kappa shape index (κ2) is 7.59. The minimum atomic E-state index is -0.584. The van der Waals surface area contributed by atoms with E-state index < -0.39 is 6.10 Å². The zero-order valence-corrected chi connectivity index (χ0v) is 15.6. The fourth-order valence-corrected chi connectivity index (χ4v) is 3.10. The first-order valence-corrected chi connectivity index (χ1v) is 8.59. The average molecular weight is 356 g/mol. The van der Waals surface area contributed by atoms with Gasteiger partial charge in [0.2, 0.25) is 0 Å². The predicted molar refractivity (Wildman–Crippen MR) is 98.6 cm³/mol. The van der Waals surface area contributed by atoms with Gasteiger partial charge in [-0.1, -0.05) is 6.07 Å². The molecule has 0 spiro atoms. The number of methoxy groups -OCH3 is 1. The third-order valence-electron chi connectivity index (χ3n) is 4.42. The number of nitrogens with zero attached hydrogens (tertiary/aromatic N) is 4. The molecule has 0 bridgehead atoms. The summed E-state index contributed by atoms with van der Waals surface area (Å²) in [6, 6.07) is 7.26. The molecule has 0 saturated carbocycles. The molecule has 0 N–H and O–H groups in total. The van der Waals surface area contributed by atoms with Crippen LogP contribution in [0.3, 0.4) is 0 Å². The van der Waals surface area contributed by atoms with Crippen LogP contribution in [-0.4, -0.2) is 54.6 Å². The lowest BCUT2D eigenvalue weighted by Crippen LogP contribution is -2.43. The van der Waals surface area contributed by atoms with Crippen LogP contribution in [0.1, 0.15) is 18.2 Å². The summed E-state index contributed by atoms with van der Waals surface area (Å²) in [4.78, 5) is 25.3. The second-order valence-electron chi connectivity index (χ2n) is 6.47. The van der Waals surface area contributed by atoms with Crippen molar-refractivity contribution in [1.82, 2.24) is 14.9 Å². The van der Waals surface area contributed by atoms with Crippen LogP contribution < -0.4 is 14.4 Å². The van der Waals surface area contributed by atoms with Crippen molar-refractivity contribution < 1.29 is 14.3 Å². The molecular weight excluding hydrogens is 332 g/mol. The lowest BCUT2D eigenvalue weighted by molar-refractivity contribution is -0.139. The number of fused-ring (bicyclic) bond motifs is 1. The molecule has 1 amide bonds. The maximum Gasteiger partial charge on any atom is 0.263 e. The third-order valence-corrected chi connectivity index (χ3v) is 4.42. The van der Waals surface area contributed by atoms with Crippen LogP contribution in [0, 0.1) is 0 Å². The van der Waals surface area contributed by atoms with Gasteiger partial charge in [-0.05, 0) is 25.5 Å².